The summed E-state index contributed by atoms with van der Waals surface area (Å²) in [6.45, 7) is 13.9. The third kappa shape index (κ3) is 6.04. The Morgan fingerprint density at radius 1 is 1.17 bits per heavy atom. The zero-order valence-electron chi connectivity index (χ0n) is 22.6. The van der Waals surface area contributed by atoms with Crippen molar-refractivity contribution in [1.29, 1.82) is 0 Å². The van der Waals surface area contributed by atoms with Gasteiger partial charge in [0.2, 0.25) is 5.91 Å². The Kier molecular flexibility index (Phi) is 8.26. The number of carbonyl (C=O) groups excluding carboxylic acids is 1. The van der Waals surface area contributed by atoms with Gasteiger partial charge in [0.05, 0.1) is 13.7 Å². The first-order valence-electron chi connectivity index (χ1n) is 13.4. The summed E-state index contributed by atoms with van der Waals surface area (Å²) >= 11 is 0. The fourth-order valence-corrected chi connectivity index (χ4v) is 5.78. The average molecular weight is 494 g/mol. The molecule has 2 heterocycles. The summed E-state index contributed by atoms with van der Waals surface area (Å²) in [6, 6.07) is 14.1. The summed E-state index contributed by atoms with van der Waals surface area (Å²) in [5, 5.41) is 13.3. The average Bonchev–Trinajstić information content (AvgIpc) is 2.85. The zero-order chi connectivity index (χ0) is 25.9. The zero-order valence-corrected chi connectivity index (χ0v) is 22.6. The van der Waals surface area contributed by atoms with E-state index in [0.717, 1.165) is 51.3 Å². The first-order chi connectivity index (χ1) is 17.2. The molecule has 3 atom stereocenters. The summed E-state index contributed by atoms with van der Waals surface area (Å²) in [7, 11) is 1.69. The topological polar surface area (TPSA) is 65.0 Å². The number of fused-ring (bicyclic) bond motifs is 1. The number of phenols is 1. The van der Waals surface area contributed by atoms with E-state index >= 15 is 0 Å². The summed E-state index contributed by atoms with van der Waals surface area (Å²) < 4.78 is 5.38. The smallest absolute Gasteiger partial charge is 0.234 e. The third-order valence-electron chi connectivity index (χ3n) is 8.55. The molecule has 0 saturated carbocycles. The molecule has 0 aromatic heterocycles. The molecule has 2 N–H and O–H groups in total. The molecule has 4 rings (SSSR count). The van der Waals surface area contributed by atoms with E-state index < -0.39 is 0 Å². The number of benzene rings is 2. The van der Waals surface area contributed by atoms with Gasteiger partial charge >= 0.3 is 0 Å². The van der Waals surface area contributed by atoms with Gasteiger partial charge in [0.25, 0.3) is 0 Å². The highest BCUT2D eigenvalue weighted by Gasteiger charge is 2.38. The first-order valence-corrected chi connectivity index (χ1v) is 13.4. The number of amides is 1. The van der Waals surface area contributed by atoms with Crippen LogP contribution in [-0.2, 0) is 23.2 Å². The van der Waals surface area contributed by atoms with Crippen LogP contribution in [0, 0.1) is 11.8 Å². The number of carbonyl (C=O) groups is 1. The molecule has 2 aromatic rings. The predicted molar refractivity (Wildman–Crippen MR) is 144 cm³/mol. The van der Waals surface area contributed by atoms with E-state index in [1.165, 1.54) is 16.7 Å². The van der Waals surface area contributed by atoms with Gasteiger partial charge in [0, 0.05) is 32.2 Å². The lowest BCUT2D eigenvalue weighted by Gasteiger charge is -2.46. The van der Waals surface area contributed by atoms with Crippen molar-refractivity contribution in [3.05, 3.63) is 59.2 Å². The van der Waals surface area contributed by atoms with Gasteiger partial charge in [-0.1, -0.05) is 45.9 Å². The van der Waals surface area contributed by atoms with E-state index in [1.807, 2.05) is 18.2 Å². The monoisotopic (exact) mass is 493 g/mol. The van der Waals surface area contributed by atoms with E-state index in [4.69, 9.17) is 4.74 Å². The van der Waals surface area contributed by atoms with Crippen LogP contribution < -0.4 is 10.1 Å². The summed E-state index contributed by atoms with van der Waals surface area (Å²) in [5.74, 6) is 2.12. The highest BCUT2D eigenvalue weighted by Crippen LogP contribution is 2.40. The van der Waals surface area contributed by atoms with Crippen LogP contribution in [0.2, 0.25) is 0 Å². The van der Waals surface area contributed by atoms with Crippen molar-refractivity contribution in [1.82, 2.24) is 15.1 Å². The highest BCUT2D eigenvalue weighted by atomic mass is 16.5. The lowest BCUT2D eigenvalue weighted by atomic mass is 9.68. The Morgan fingerprint density at radius 2 is 1.97 bits per heavy atom. The second-order valence-electron chi connectivity index (χ2n) is 11.4. The second-order valence-corrected chi connectivity index (χ2v) is 11.4. The number of nitrogens with one attached hydrogen (secondary N) is 1. The Morgan fingerprint density at radius 3 is 2.67 bits per heavy atom. The van der Waals surface area contributed by atoms with E-state index in [0.29, 0.717) is 24.1 Å². The van der Waals surface area contributed by atoms with Crippen LogP contribution in [0.15, 0.2) is 42.5 Å². The third-order valence-corrected chi connectivity index (χ3v) is 8.55. The first kappa shape index (κ1) is 26.5. The molecule has 0 radical (unpaired) electrons. The minimum absolute atomic E-state index is 0.0407. The molecule has 2 aliphatic heterocycles. The summed E-state index contributed by atoms with van der Waals surface area (Å²) in [5.41, 5.74) is 3.86. The molecule has 36 heavy (non-hydrogen) atoms. The fourth-order valence-electron chi connectivity index (χ4n) is 5.78. The number of hydrogen-bond acceptors (Lipinski definition) is 5. The molecular weight excluding hydrogens is 450 g/mol. The van der Waals surface area contributed by atoms with Crippen molar-refractivity contribution < 1.29 is 14.6 Å². The Balaban J connectivity index is 1.32. The molecule has 196 valence electrons. The molecule has 0 spiro atoms. The fraction of sp³-hybridized carbons (Fsp3) is 0.567. The molecule has 0 unspecified atom stereocenters. The number of rotatable bonds is 8. The lowest BCUT2D eigenvalue weighted by Crippen LogP contribution is -2.54. The Labute approximate surface area is 216 Å². The second kappa shape index (κ2) is 11.2. The van der Waals surface area contributed by atoms with Crippen molar-refractivity contribution in [3.8, 4) is 11.5 Å². The van der Waals surface area contributed by atoms with Crippen molar-refractivity contribution in [2.24, 2.45) is 11.8 Å². The van der Waals surface area contributed by atoms with Crippen molar-refractivity contribution >= 4 is 5.91 Å². The van der Waals surface area contributed by atoms with Gasteiger partial charge in [-0.15, -0.1) is 0 Å². The van der Waals surface area contributed by atoms with Crippen molar-refractivity contribution in [2.75, 3.05) is 39.8 Å². The van der Waals surface area contributed by atoms with Gasteiger partial charge in [-0.25, -0.2) is 0 Å². The van der Waals surface area contributed by atoms with Crippen molar-refractivity contribution in [3.63, 3.8) is 0 Å². The van der Waals surface area contributed by atoms with E-state index in [9.17, 15) is 9.90 Å². The number of methoxy groups -OCH3 is 1. The number of nitrogens with zero attached hydrogens (tertiary/aromatic N) is 2. The van der Waals surface area contributed by atoms with E-state index in [1.54, 1.807) is 13.2 Å². The van der Waals surface area contributed by atoms with Crippen LogP contribution in [0.1, 0.15) is 50.8 Å². The molecule has 6 heteroatoms. The maximum Gasteiger partial charge on any atom is 0.234 e. The number of likely N-dealkylation sites (tertiary alicyclic amines) is 1. The maximum absolute atomic E-state index is 13.1. The van der Waals surface area contributed by atoms with Crippen LogP contribution in [0.4, 0.5) is 0 Å². The molecule has 0 bridgehead atoms. The van der Waals surface area contributed by atoms with Gasteiger partial charge in [-0.3, -0.25) is 9.69 Å². The van der Waals surface area contributed by atoms with Gasteiger partial charge in [-0.2, -0.15) is 0 Å². The number of hydrogen-bond donors (Lipinski definition) is 2. The Hall–Kier alpha value is -2.57. The Bertz CT molecular complexity index is 1060. The van der Waals surface area contributed by atoms with Gasteiger partial charge in [0.1, 0.15) is 11.5 Å². The number of phenolic OH excluding ortho intramolecular Hbond substituents is 1. The van der Waals surface area contributed by atoms with Crippen LogP contribution >= 0.6 is 0 Å². The predicted octanol–water partition coefficient (Wildman–Crippen LogP) is 4.20. The molecule has 0 aliphatic carbocycles. The standard InChI is InChI=1S/C30H43N3O3/c1-21(2)28(19-33-14-12-30(4,22(3)17-33)25-7-6-8-26(34)16-25)31-29(35)20-32-13-11-23-9-10-27(36-5)15-24(23)18-32/h6-10,15-16,21-22,28,34H,11-14,17-20H2,1-5H3,(H,31,35)/t22-,28+,30+/m0/s1. The number of piperidine rings is 1. The quantitative estimate of drug-likeness (QED) is 0.577. The van der Waals surface area contributed by atoms with Gasteiger partial charge in [0.15, 0.2) is 0 Å². The number of ether oxygens (including phenoxy) is 1. The summed E-state index contributed by atoms with van der Waals surface area (Å²) in [4.78, 5) is 17.8. The highest BCUT2D eigenvalue weighted by molar-refractivity contribution is 5.78. The van der Waals surface area contributed by atoms with Crippen molar-refractivity contribution in [2.45, 2.75) is 58.5 Å². The van der Waals surface area contributed by atoms with E-state index in [-0.39, 0.29) is 17.4 Å². The lowest BCUT2D eigenvalue weighted by molar-refractivity contribution is -0.123. The normalized spacial score (nSPS) is 23.8. The van der Waals surface area contributed by atoms with Crippen LogP contribution in [-0.4, -0.2) is 66.7 Å². The maximum atomic E-state index is 13.1. The molecular formula is C30H43N3O3. The molecule has 1 saturated heterocycles. The molecule has 2 aliphatic rings. The van der Waals surface area contributed by atoms with Gasteiger partial charge < -0.3 is 20.1 Å². The minimum Gasteiger partial charge on any atom is -0.508 e. The molecule has 2 aromatic carbocycles. The number of aromatic hydroxyl groups is 1. The largest absolute Gasteiger partial charge is 0.508 e. The van der Waals surface area contributed by atoms with Crippen LogP contribution in [0.25, 0.3) is 0 Å². The van der Waals surface area contributed by atoms with E-state index in [2.05, 4.69) is 61.0 Å². The van der Waals surface area contributed by atoms with Gasteiger partial charge in [-0.05, 0) is 77.6 Å². The SMILES string of the molecule is COc1ccc2c(c1)CN(CC(=O)N[C@H](CN1CC[C@@](C)(c3cccc(O)c3)[C@@H](C)C1)C(C)C)CC2. The minimum atomic E-state index is 0.0407. The molecule has 1 fully saturated rings. The summed E-state index contributed by atoms with van der Waals surface area (Å²) in [6.07, 6.45) is 2.00. The van der Waals surface area contributed by atoms with Crippen LogP contribution in [0.3, 0.4) is 0 Å². The molecule has 1 amide bonds. The molecule has 6 nitrogen and oxygen atoms in total. The van der Waals surface area contributed by atoms with Crippen LogP contribution in [0.5, 0.6) is 11.5 Å².